The molecule has 0 unspecified atom stereocenters. The largest absolute Gasteiger partial charge is 0.356 e. The van der Waals surface area contributed by atoms with Crippen LogP contribution in [-0.2, 0) is 6.54 Å². The average molecular weight is 327 g/mol. The zero-order chi connectivity index (χ0) is 16.6. The molecule has 1 aliphatic rings. The molecule has 1 fully saturated rings. The first kappa shape index (κ1) is 16.3. The maximum Gasteiger partial charge on any atom is 0.193 e. The maximum atomic E-state index is 4.43. The highest BCUT2D eigenvalue weighted by Gasteiger charge is 2.20. The second-order valence-corrected chi connectivity index (χ2v) is 5.76. The minimum Gasteiger partial charge on any atom is -0.356 e. The van der Waals surface area contributed by atoms with Gasteiger partial charge in [0.15, 0.2) is 5.96 Å². The number of guanidine groups is 1. The molecule has 0 aromatic carbocycles. The zero-order valence-electron chi connectivity index (χ0n) is 14.2. The summed E-state index contributed by atoms with van der Waals surface area (Å²) < 4.78 is 1.95. The molecule has 3 heterocycles. The fourth-order valence-electron chi connectivity index (χ4n) is 2.89. The van der Waals surface area contributed by atoms with Crippen LogP contribution >= 0.6 is 0 Å². The van der Waals surface area contributed by atoms with Gasteiger partial charge in [-0.1, -0.05) is 6.07 Å². The van der Waals surface area contributed by atoms with Gasteiger partial charge in [0, 0.05) is 64.9 Å². The standard InChI is InChI=1S/C17H25N7/c1-18-17(20-8-4-10-24-11-5-9-21-24)23-14-12-22(13-15-23)16-6-2-3-7-19-16/h2-3,5-7,9,11H,4,8,10,12-15H2,1H3,(H,18,20). The van der Waals surface area contributed by atoms with Crippen molar-refractivity contribution in [3.8, 4) is 0 Å². The van der Waals surface area contributed by atoms with Crippen molar-refractivity contribution >= 4 is 11.8 Å². The molecule has 1 saturated heterocycles. The van der Waals surface area contributed by atoms with Gasteiger partial charge in [0.1, 0.15) is 5.82 Å². The van der Waals surface area contributed by atoms with Crippen LogP contribution in [0.4, 0.5) is 5.82 Å². The smallest absolute Gasteiger partial charge is 0.193 e. The van der Waals surface area contributed by atoms with Gasteiger partial charge in [-0.2, -0.15) is 5.10 Å². The Morgan fingerprint density at radius 3 is 2.71 bits per heavy atom. The van der Waals surface area contributed by atoms with Crippen LogP contribution in [0.5, 0.6) is 0 Å². The third kappa shape index (κ3) is 4.24. The summed E-state index contributed by atoms with van der Waals surface area (Å²) >= 11 is 0. The number of rotatable bonds is 5. The molecule has 0 radical (unpaired) electrons. The third-order valence-corrected chi connectivity index (χ3v) is 4.17. The molecule has 1 N–H and O–H groups in total. The highest BCUT2D eigenvalue weighted by Crippen LogP contribution is 2.12. The molecule has 0 atom stereocenters. The summed E-state index contributed by atoms with van der Waals surface area (Å²) in [6, 6.07) is 8.01. The lowest BCUT2D eigenvalue weighted by atomic mass is 10.3. The Labute approximate surface area is 143 Å². The minimum absolute atomic E-state index is 0.896. The van der Waals surface area contributed by atoms with Gasteiger partial charge in [0.2, 0.25) is 0 Å². The number of hydrogen-bond donors (Lipinski definition) is 1. The number of aryl methyl sites for hydroxylation is 1. The van der Waals surface area contributed by atoms with Crippen LogP contribution in [0.25, 0.3) is 0 Å². The number of nitrogens with one attached hydrogen (secondary N) is 1. The first-order valence-electron chi connectivity index (χ1n) is 8.46. The Morgan fingerprint density at radius 2 is 2.04 bits per heavy atom. The average Bonchev–Trinajstić information content (AvgIpc) is 3.16. The van der Waals surface area contributed by atoms with Crippen molar-refractivity contribution < 1.29 is 0 Å². The van der Waals surface area contributed by atoms with Crippen LogP contribution in [0.1, 0.15) is 6.42 Å². The number of nitrogens with zero attached hydrogens (tertiary/aromatic N) is 6. The van der Waals surface area contributed by atoms with Gasteiger partial charge < -0.3 is 15.1 Å². The van der Waals surface area contributed by atoms with Crippen molar-refractivity contribution in [2.75, 3.05) is 44.7 Å². The Balaban J connectivity index is 1.42. The maximum absolute atomic E-state index is 4.43. The van der Waals surface area contributed by atoms with Crippen LogP contribution in [0.15, 0.2) is 47.8 Å². The molecule has 3 rings (SSSR count). The van der Waals surface area contributed by atoms with Crippen LogP contribution in [0.3, 0.4) is 0 Å². The summed E-state index contributed by atoms with van der Waals surface area (Å²) in [5.74, 6) is 2.04. The number of piperazine rings is 1. The van der Waals surface area contributed by atoms with Crippen molar-refractivity contribution in [2.24, 2.45) is 4.99 Å². The molecule has 7 nitrogen and oxygen atoms in total. The van der Waals surface area contributed by atoms with E-state index in [1.807, 2.05) is 48.5 Å². The lowest BCUT2D eigenvalue weighted by molar-refractivity contribution is 0.370. The van der Waals surface area contributed by atoms with Crippen LogP contribution in [0.2, 0.25) is 0 Å². The number of hydrogen-bond acceptors (Lipinski definition) is 4. The summed E-state index contributed by atoms with van der Waals surface area (Å²) in [5, 5.41) is 7.67. The number of anilines is 1. The lowest BCUT2D eigenvalue weighted by Crippen LogP contribution is -2.52. The second-order valence-electron chi connectivity index (χ2n) is 5.76. The molecule has 0 aliphatic carbocycles. The first-order valence-corrected chi connectivity index (χ1v) is 8.46. The predicted molar refractivity (Wildman–Crippen MR) is 96.2 cm³/mol. The molecule has 128 valence electrons. The Morgan fingerprint density at radius 1 is 1.17 bits per heavy atom. The second kappa shape index (κ2) is 8.33. The SMILES string of the molecule is CN=C(NCCCn1cccn1)N1CCN(c2ccccn2)CC1. The van der Waals surface area contributed by atoms with E-state index in [0.29, 0.717) is 0 Å². The molecule has 2 aromatic rings. The molecule has 2 aromatic heterocycles. The Kier molecular flexibility index (Phi) is 5.65. The predicted octanol–water partition coefficient (Wildman–Crippen LogP) is 1.07. The minimum atomic E-state index is 0.896. The Hall–Kier alpha value is -2.57. The monoisotopic (exact) mass is 327 g/mol. The third-order valence-electron chi connectivity index (χ3n) is 4.17. The van der Waals surface area contributed by atoms with E-state index in [4.69, 9.17) is 0 Å². The van der Waals surface area contributed by atoms with E-state index in [-0.39, 0.29) is 0 Å². The van der Waals surface area contributed by atoms with Gasteiger partial charge in [-0.25, -0.2) is 4.98 Å². The highest BCUT2D eigenvalue weighted by molar-refractivity contribution is 5.80. The molecule has 0 bridgehead atoms. The summed E-state index contributed by atoms with van der Waals surface area (Å²) in [6.07, 6.45) is 6.68. The van der Waals surface area contributed by atoms with Gasteiger partial charge in [0.05, 0.1) is 0 Å². The zero-order valence-corrected chi connectivity index (χ0v) is 14.2. The van der Waals surface area contributed by atoms with Gasteiger partial charge in [-0.15, -0.1) is 0 Å². The van der Waals surface area contributed by atoms with Crippen LogP contribution < -0.4 is 10.2 Å². The summed E-state index contributed by atoms with van der Waals surface area (Å²) in [7, 11) is 1.85. The van der Waals surface area contributed by atoms with Crippen molar-refractivity contribution in [2.45, 2.75) is 13.0 Å². The number of aromatic nitrogens is 3. The topological polar surface area (TPSA) is 61.6 Å². The molecule has 24 heavy (non-hydrogen) atoms. The van der Waals surface area contributed by atoms with E-state index in [2.05, 4.69) is 36.3 Å². The summed E-state index contributed by atoms with van der Waals surface area (Å²) in [6.45, 7) is 5.65. The van der Waals surface area contributed by atoms with Crippen molar-refractivity contribution in [1.82, 2.24) is 25.0 Å². The van der Waals surface area contributed by atoms with Crippen molar-refractivity contribution in [1.29, 1.82) is 0 Å². The number of aliphatic imine (C=N–C) groups is 1. The molecule has 1 aliphatic heterocycles. The Bertz CT molecular complexity index is 616. The lowest BCUT2D eigenvalue weighted by Gasteiger charge is -2.37. The molecule has 0 saturated carbocycles. The van der Waals surface area contributed by atoms with Gasteiger partial charge in [-0.05, 0) is 24.6 Å². The highest BCUT2D eigenvalue weighted by atomic mass is 15.4. The van der Waals surface area contributed by atoms with E-state index in [9.17, 15) is 0 Å². The van der Waals surface area contributed by atoms with E-state index in [1.165, 1.54) is 0 Å². The van der Waals surface area contributed by atoms with E-state index < -0.39 is 0 Å². The van der Waals surface area contributed by atoms with Gasteiger partial charge in [0.25, 0.3) is 0 Å². The van der Waals surface area contributed by atoms with Gasteiger partial charge in [-0.3, -0.25) is 9.67 Å². The van der Waals surface area contributed by atoms with E-state index in [0.717, 1.165) is 57.5 Å². The fourth-order valence-corrected chi connectivity index (χ4v) is 2.89. The van der Waals surface area contributed by atoms with E-state index >= 15 is 0 Å². The first-order chi connectivity index (χ1) is 11.9. The normalized spacial score (nSPS) is 15.6. The molecular weight excluding hydrogens is 302 g/mol. The van der Waals surface area contributed by atoms with E-state index in [1.54, 1.807) is 0 Å². The van der Waals surface area contributed by atoms with Gasteiger partial charge >= 0.3 is 0 Å². The van der Waals surface area contributed by atoms with Crippen LogP contribution in [-0.4, -0.2) is 65.4 Å². The molecular formula is C17H25N7. The van der Waals surface area contributed by atoms with Crippen molar-refractivity contribution in [3.63, 3.8) is 0 Å². The fraction of sp³-hybridized carbons (Fsp3) is 0.471. The molecule has 0 amide bonds. The summed E-state index contributed by atoms with van der Waals surface area (Å²) in [4.78, 5) is 13.5. The molecule has 7 heteroatoms. The molecule has 0 spiro atoms. The number of pyridine rings is 1. The quantitative estimate of drug-likeness (QED) is 0.506. The summed E-state index contributed by atoms with van der Waals surface area (Å²) in [5.41, 5.74) is 0. The van der Waals surface area contributed by atoms with Crippen molar-refractivity contribution in [3.05, 3.63) is 42.9 Å². The van der Waals surface area contributed by atoms with Crippen LogP contribution in [0, 0.1) is 0 Å².